The molecule has 1 heterocycles. The lowest BCUT2D eigenvalue weighted by Crippen LogP contribution is -2.37. The highest BCUT2D eigenvalue weighted by Crippen LogP contribution is 2.14. The summed E-state index contributed by atoms with van der Waals surface area (Å²) in [4.78, 5) is 12.1. The van der Waals surface area contributed by atoms with Crippen molar-refractivity contribution in [1.29, 1.82) is 0 Å². The number of carboxylic acid groups (broad SMARTS) is 1. The summed E-state index contributed by atoms with van der Waals surface area (Å²) in [7, 11) is 0. The minimum atomic E-state index is -0.876. The van der Waals surface area contributed by atoms with Gasteiger partial charge in [0.05, 0.1) is 0 Å². The van der Waals surface area contributed by atoms with Gasteiger partial charge in [0.2, 0.25) is 0 Å². The predicted molar refractivity (Wildman–Crippen MR) is 38.2 cm³/mol. The maximum absolute atomic E-state index is 12.6. The van der Waals surface area contributed by atoms with E-state index >= 15 is 0 Å². The van der Waals surface area contributed by atoms with Crippen molar-refractivity contribution in [3.63, 3.8) is 0 Å². The first-order valence-electron chi connectivity index (χ1n) is 3.72. The van der Waals surface area contributed by atoms with E-state index in [1.807, 2.05) is 0 Å². The van der Waals surface area contributed by atoms with Gasteiger partial charge in [-0.15, -0.1) is 0 Å². The van der Waals surface area contributed by atoms with Gasteiger partial charge >= 0.3 is 5.97 Å². The number of hydrogen-bond acceptors (Lipinski definition) is 2. The van der Waals surface area contributed by atoms with E-state index < -0.39 is 18.2 Å². The number of rotatable bonds is 2. The summed E-state index contributed by atoms with van der Waals surface area (Å²) in [5, 5.41) is 8.56. The number of carbonyl (C=O) groups is 1. The zero-order valence-electron chi connectivity index (χ0n) is 6.46. The molecule has 4 heteroatoms. The van der Waals surface area contributed by atoms with Gasteiger partial charge in [-0.1, -0.05) is 0 Å². The Morgan fingerprint density at radius 2 is 2.45 bits per heavy atom. The summed E-state index contributed by atoms with van der Waals surface area (Å²) in [6, 6.07) is -0.546. The van der Waals surface area contributed by atoms with Gasteiger partial charge in [0, 0.05) is 13.1 Å². The minimum Gasteiger partial charge on any atom is -0.480 e. The number of hydrogen-bond donors (Lipinski definition) is 1. The molecule has 3 nitrogen and oxygen atoms in total. The molecule has 1 rings (SSSR count). The summed E-state index contributed by atoms with van der Waals surface area (Å²) >= 11 is 0. The fourth-order valence-corrected chi connectivity index (χ4v) is 1.25. The average Bonchev–Trinajstić information content (AvgIpc) is 2.34. The summed E-state index contributed by atoms with van der Waals surface area (Å²) in [6.45, 7) is 2.42. The van der Waals surface area contributed by atoms with Gasteiger partial charge in [-0.25, -0.2) is 4.39 Å². The van der Waals surface area contributed by atoms with Crippen LogP contribution in [0.2, 0.25) is 0 Å². The molecule has 0 aromatic carbocycles. The van der Waals surface area contributed by atoms with E-state index in [1.54, 1.807) is 11.8 Å². The zero-order chi connectivity index (χ0) is 8.43. The maximum atomic E-state index is 12.6. The summed E-state index contributed by atoms with van der Waals surface area (Å²) in [6.07, 6.45) is -0.366. The molecule has 0 radical (unpaired) electrons. The van der Waals surface area contributed by atoms with Crippen LogP contribution in [0.1, 0.15) is 13.3 Å². The number of halogens is 1. The van der Waals surface area contributed by atoms with Crippen LogP contribution in [0.15, 0.2) is 0 Å². The molecule has 1 saturated heterocycles. The van der Waals surface area contributed by atoms with E-state index in [0.29, 0.717) is 13.0 Å². The van der Waals surface area contributed by atoms with E-state index in [2.05, 4.69) is 0 Å². The first-order chi connectivity index (χ1) is 5.11. The van der Waals surface area contributed by atoms with Gasteiger partial charge in [0.1, 0.15) is 12.2 Å². The Labute approximate surface area is 64.8 Å². The lowest BCUT2D eigenvalue weighted by molar-refractivity contribution is -0.142. The first kappa shape index (κ1) is 8.46. The lowest BCUT2D eigenvalue weighted by Gasteiger charge is -2.18. The molecule has 0 unspecified atom stereocenters. The molecule has 1 aliphatic rings. The van der Waals surface area contributed by atoms with Gasteiger partial charge in [-0.2, -0.15) is 0 Å². The molecule has 0 aromatic rings. The minimum absolute atomic E-state index is 0.271. The monoisotopic (exact) mass is 161 g/mol. The zero-order valence-corrected chi connectivity index (χ0v) is 6.46. The van der Waals surface area contributed by atoms with Gasteiger partial charge in [0.15, 0.2) is 0 Å². The molecule has 0 aromatic heterocycles. The van der Waals surface area contributed by atoms with E-state index in [1.165, 1.54) is 0 Å². The van der Waals surface area contributed by atoms with Crippen molar-refractivity contribution in [3.8, 4) is 0 Å². The van der Waals surface area contributed by atoms with Crippen molar-refractivity contribution in [1.82, 2.24) is 4.90 Å². The molecule has 0 spiro atoms. The maximum Gasteiger partial charge on any atom is 0.320 e. The molecular formula is C7H12FNO2. The highest BCUT2D eigenvalue weighted by Gasteiger charge is 2.28. The van der Waals surface area contributed by atoms with Gasteiger partial charge in [0.25, 0.3) is 0 Å². The summed E-state index contributed by atoms with van der Waals surface area (Å²) < 4.78 is 12.6. The molecule has 64 valence electrons. The highest BCUT2D eigenvalue weighted by molar-refractivity contribution is 5.72. The molecule has 0 saturated carbocycles. The third-order valence-corrected chi connectivity index (χ3v) is 2.07. The van der Waals surface area contributed by atoms with E-state index in [9.17, 15) is 9.18 Å². The normalized spacial score (nSPS) is 28.7. The van der Waals surface area contributed by atoms with Crippen LogP contribution >= 0.6 is 0 Å². The molecule has 2 atom stereocenters. The van der Waals surface area contributed by atoms with E-state index in [4.69, 9.17) is 5.11 Å². The molecule has 0 aliphatic carbocycles. The molecule has 1 fully saturated rings. The number of alkyl halides is 1. The first-order valence-corrected chi connectivity index (χ1v) is 3.72. The number of aliphatic carboxylic acids is 1. The number of nitrogens with zero attached hydrogens (tertiary/aromatic N) is 1. The lowest BCUT2D eigenvalue weighted by atomic mass is 10.3. The van der Waals surface area contributed by atoms with Crippen molar-refractivity contribution >= 4 is 5.97 Å². The molecule has 11 heavy (non-hydrogen) atoms. The number of likely N-dealkylation sites (tertiary alicyclic amines) is 1. The highest BCUT2D eigenvalue weighted by atomic mass is 19.1. The van der Waals surface area contributed by atoms with E-state index in [-0.39, 0.29) is 6.54 Å². The topological polar surface area (TPSA) is 40.5 Å². The average molecular weight is 161 g/mol. The SMILES string of the molecule is C[C@H](C(=O)O)N1CC[C@@H](F)C1. The Bertz CT molecular complexity index is 163. The van der Waals surface area contributed by atoms with Gasteiger partial charge in [-0.3, -0.25) is 9.69 Å². The summed E-state index contributed by atoms with van der Waals surface area (Å²) in [5.41, 5.74) is 0. The summed E-state index contributed by atoms with van der Waals surface area (Å²) in [5.74, 6) is -0.876. The standard InChI is InChI=1S/C7H12FNO2/c1-5(7(10)11)9-3-2-6(8)4-9/h5-6H,2-4H2,1H3,(H,10,11)/t5-,6-/m1/s1. The third kappa shape index (κ3) is 1.89. The largest absolute Gasteiger partial charge is 0.480 e. The van der Waals surface area contributed by atoms with Crippen molar-refractivity contribution in [2.45, 2.75) is 25.6 Å². The third-order valence-electron chi connectivity index (χ3n) is 2.07. The Morgan fingerprint density at radius 1 is 1.82 bits per heavy atom. The molecular weight excluding hydrogens is 149 g/mol. The van der Waals surface area contributed by atoms with Crippen molar-refractivity contribution in [2.24, 2.45) is 0 Å². The van der Waals surface area contributed by atoms with Crippen LogP contribution in [0.25, 0.3) is 0 Å². The second kappa shape index (κ2) is 3.17. The van der Waals surface area contributed by atoms with Crippen LogP contribution in [-0.4, -0.2) is 41.3 Å². The molecule has 1 N–H and O–H groups in total. The fourth-order valence-electron chi connectivity index (χ4n) is 1.25. The van der Waals surface area contributed by atoms with Gasteiger partial charge < -0.3 is 5.11 Å². The molecule has 1 aliphatic heterocycles. The van der Waals surface area contributed by atoms with Crippen LogP contribution < -0.4 is 0 Å². The predicted octanol–water partition coefficient (Wildman–Crippen LogP) is 0.503. The molecule has 0 bridgehead atoms. The van der Waals surface area contributed by atoms with Crippen molar-refractivity contribution in [2.75, 3.05) is 13.1 Å². The Balaban J connectivity index is 2.43. The van der Waals surface area contributed by atoms with Crippen molar-refractivity contribution < 1.29 is 14.3 Å². The smallest absolute Gasteiger partial charge is 0.320 e. The van der Waals surface area contributed by atoms with Crippen molar-refractivity contribution in [3.05, 3.63) is 0 Å². The second-order valence-electron chi connectivity index (χ2n) is 2.90. The van der Waals surface area contributed by atoms with Crippen LogP contribution in [0.5, 0.6) is 0 Å². The number of carboxylic acids is 1. The van der Waals surface area contributed by atoms with Gasteiger partial charge in [-0.05, 0) is 13.3 Å². The van der Waals surface area contributed by atoms with Crippen LogP contribution in [-0.2, 0) is 4.79 Å². The Morgan fingerprint density at radius 3 is 2.82 bits per heavy atom. The quantitative estimate of drug-likeness (QED) is 0.641. The van der Waals surface area contributed by atoms with Crippen LogP contribution in [0.4, 0.5) is 4.39 Å². The molecule has 0 amide bonds. The van der Waals surface area contributed by atoms with E-state index in [0.717, 1.165) is 0 Å². The van der Waals surface area contributed by atoms with Crippen LogP contribution in [0, 0.1) is 0 Å². The Kier molecular flexibility index (Phi) is 2.44. The fraction of sp³-hybridized carbons (Fsp3) is 0.857. The Hall–Kier alpha value is -0.640. The van der Waals surface area contributed by atoms with Crippen LogP contribution in [0.3, 0.4) is 0 Å². The second-order valence-corrected chi connectivity index (χ2v) is 2.90.